The van der Waals surface area contributed by atoms with E-state index in [1.807, 2.05) is 18.5 Å². The van der Waals surface area contributed by atoms with E-state index in [0.29, 0.717) is 12.0 Å². The first kappa shape index (κ1) is 22.7. The van der Waals surface area contributed by atoms with E-state index in [-0.39, 0.29) is 0 Å². The molecule has 0 bridgehead atoms. The fourth-order valence-electron chi connectivity index (χ4n) is 4.86. The van der Waals surface area contributed by atoms with Crippen molar-refractivity contribution in [1.29, 1.82) is 0 Å². The molecule has 3 aromatic rings. The van der Waals surface area contributed by atoms with E-state index < -0.39 is 0 Å². The number of ether oxygens (including phenoxy) is 1. The quantitative estimate of drug-likeness (QED) is 0.440. The second-order valence-electron chi connectivity index (χ2n) is 8.79. The van der Waals surface area contributed by atoms with Crippen molar-refractivity contribution in [1.82, 2.24) is 14.8 Å². The fourth-order valence-corrected chi connectivity index (χ4v) is 4.86. The number of rotatable bonds is 11. The largest absolute Gasteiger partial charge is 0.472 e. The molecule has 0 N–H and O–H groups in total. The maximum atomic E-state index is 5.49. The number of nitrogens with zero attached hydrogens (tertiary/aromatic N) is 3. The highest BCUT2D eigenvalue weighted by Gasteiger charge is 2.31. The van der Waals surface area contributed by atoms with Crippen LogP contribution < -0.4 is 0 Å². The van der Waals surface area contributed by atoms with E-state index in [1.54, 1.807) is 13.4 Å². The number of furan rings is 1. The Morgan fingerprint density at radius 3 is 2.56 bits per heavy atom. The van der Waals surface area contributed by atoms with E-state index >= 15 is 0 Å². The van der Waals surface area contributed by atoms with Crippen LogP contribution in [0.3, 0.4) is 0 Å². The lowest BCUT2D eigenvalue weighted by molar-refractivity contribution is 0.0564. The molecule has 0 aliphatic carbocycles. The van der Waals surface area contributed by atoms with Gasteiger partial charge in [0.2, 0.25) is 0 Å². The molecule has 5 heteroatoms. The summed E-state index contributed by atoms with van der Waals surface area (Å²) in [6.07, 6.45) is 9.00. The predicted molar refractivity (Wildman–Crippen MR) is 127 cm³/mol. The van der Waals surface area contributed by atoms with Crippen molar-refractivity contribution in [2.24, 2.45) is 5.92 Å². The molecule has 4 rings (SSSR count). The molecular weight excluding hydrogens is 398 g/mol. The smallest absolute Gasteiger partial charge is 0.0947 e. The van der Waals surface area contributed by atoms with Crippen LogP contribution in [0.5, 0.6) is 0 Å². The van der Waals surface area contributed by atoms with Crippen molar-refractivity contribution in [2.75, 3.05) is 33.4 Å². The summed E-state index contributed by atoms with van der Waals surface area (Å²) in [5.41, 5.74) is 3.79. The Balaban J connectivity index is 1.48. The van der Waals surface area contributed by atoms with E-state index in [1.165, 1.54) is 24.0 Å². The summed E-state index contributed by atoms with van der Waals surface area (Å²) in [4.78, 5) is 9.78. The Morgan fingerprint density at radius 1 is 1.06 bits per heavy atom. The summed E-state index contributed by atoms with van der Waals surface area (Å²) in [5, 5.41) is 0. The Morgan fingerprint density at radius 2 is 1.88 bits per heavy atom. The van der Waals surface area contributed by atoms with Crippen LogP contribution in [0.1, 0.15) is 29.7 Å². The predicted octanol–water partition coefficient (Wildman–Crippen LogP) is 4.65. The van der Waals surface area contributed by atoms with Crippen molar-refractivity contribution in [3.05, 3.63) is 90.1 Å². The first-order valence-corrected chi connectivity index (χ1v) is 11.7. The van der Waals surface area contributed by atoms with Gasteiger partial charge in [0.15, 0.2) is 0 Å². The maximum Gasteiger partial charge on any atom is 0.0947 e. The third kappa shape index (κ3) is 6.52. The molecule has 1 saturated heterocycles. The lowest BCUT2D eigenvalue weighted by atomic mass is 9.84. The van der Waals surface area contributed by atoms with E-state index in [4.69, 9.17) is 9.15 Å². The highest BCUT2D eigenvalue weighted by Crippen LogP contribution is 2.28. The van der Waals surface area contributed by atoms with E-state index in [9.17, 15) is 0 Å². The van der Waals surface area contributed by atoms with Crippen LogP contribution in [0, 0.1) is 5.92 Å². The third-order valence-corrected chi connectivity index (χ3v) is 6.59. The van der Waals surface area contributed by atoms with Crippen molar-refractivity contribution in [3.8, 4) is 0 Å². The standard InChI is InChI=1S/C27H35N3O2/c1-31-18-16-30(21-26-9-5-6-13-28-26)27(19-23-7-3-2-4-8-23)25-10-14-29(15-11-25)20-24-12-17-32-22-24/h2-9,12-13,17,22,25,27H,10-11,14-16,18-21H2,1H3. The van der Waals surface area contributed by atoms with E-state index in [2.05, 4.69) is 63.3 Å². The second kappa shape index (κ2) is 12.0. The van der Waals surface area contributed by atoms with Gasteiger partial charge in [-0.15, -0.1) is 0 Å². The molecule has 2 aromatic heterocycles. The summed E-state index contributed by atoms with van der Waals surface area (Å²) < 4.78 is 10.8. The molecule has 3 heterocycles. The normalized spacial score (nSPS) is 16.4. The lowest BCUT2D eigenvalue weighted by Crippen LogP contribution is -2.47. The van der Waals surface area contributed by atoms with Crippen molar-refractivity contribution >= 4 is 0 Å². The minimum atomic E-state index is 0.464. The molecule has 1 aliphatic rings. The molecule has 0 saturated carbocycles. The highest BCUT2D eigenvalue weighted by atomic mass is 16.5. The molecule has 5 nitrogen and oxygen atoms in total. The van der Waals surface area contributed by atoms with Gasteiger partial charge in [0.25, 0.3) is 0 Å². The van der Waals surface area contributed by atoms with Gasteiger partial charge in [-0.3, -0.25) is 14.8 Å². The Kier molecular flexibility index (Phi) is 8.49. The average Bonchev–Trinajstić information content (AvgIpc) is 3.35. The molecule has 0 spiro atoms. The summed E-state index contributed by atoms with van der Waals surface area (Å²) in [7, 11) is 1.79. The highest BCUT2D eigenvalue weighted by molar-refractivity contribution is 5.17. The monoisotopic (exact) mass is 433 g/mol. The first-order valence-electron chi connectivity index (χ1n) is 11.7. The fraction of sp³-hybridized carbons (Fsp3) is 0.444. The van der Waals surface area contributed by atoms with Gasteiger partial charge in [-0.2, -0.15) is 0 Å². The van der Waals surface area contributed by atoms with Gasteiger partial charge in [0, 0.05) is 44.5 Å². The summed E-state index contributed by atoms with van der Waals surface area (Å²) in [5.74, 6) is 0.649. The van der Waals surface area contributed by atoms with Gasteiger partial charge < -0.3 is 9.15 Å². The zero-order valence-electron chi connectivity index (χ0n) is 19.1. The molecule has 1 aromatic carbocycles. The number of aromatic nitrogens is 1. The van der Waals surface area contributed by atoms with Gasteiger partial charge in [0.1, 0.15) is 0 Å². The molecule has 1 unspecified atom stereocenters. The van der Waals surface area contributed by atoms with Crippen LogP contribution in [0.4, 0.5) is 0 Å². The number of benzene rings is 1. The maximum absolute atomic E-state index is 5.49. The van der Waals surface area contributed by atoms with Crippen molar-refractivity contribution in [2.45, 2.75) is 38.4 Å². The van der Waals surface area contributed by atoms with Crippen molar-refractivity contribution < 1.29 is 9.15 Å². The Labute approximate surface area is 192 Å². The molecule has 1 aliphatic heterocycles. The molecule has 32 heavy (non-hydrogen) atoms. The average molecular weight is 434 g/mol. The third-order valence-electron chi connectivity index (χ3n) is 6.59. The molecule has 170 valence electrons. The lowest BCUT2D eigenvalue weighted by Gasteiger charge is -2.41. The zero-order chi connectivity index (χ0) is 22.0. The Hall–Kier alpha value is -2.47. The molecule has 1 atom stereocenters. The van der Waals surface area contributed by atoms with Gasteiger partial charge in [-0.05, 0) is 62.0 Å². The summed E-state index contributed by atoms with van der Waals surface area (Å²) in [6, 6.07) is 19.7. The summed E-state index contributed by atoms with van der Waals surface area (Å²) >= 11 is 0. The number of piperidine rings is 1. The number of methoxy groups -OCH3 is 1. The topological polar surface area (TPSA) is 41.7 Å². The second-order valence-corrected chi connectivity index (χ2v) is 8.79. The number of likely N-dealkylation sites (tertiary alicyclic amines) is 1. The van der Waals surface area contributed by atoms with E-state index in [0.717, 1.165) is 51.4 Å². The molecular formula is C27H35N3O2. The van der Waals surface area contributed by atoms with Gasteiger partial charge >= 0.3 is 0 Å². The van der Waals surface area contributed by atoms with Crippen LogP contribution in [-0.4, -0.2) is 54.2 Å². The SMILES string of the molecule is COCCN(Cc1ccccn1)C(Cc1ccccc1)C1CCN(Cc2ccoc2)CC1. The van der Waals surface area contributed by atoms with Crippen LogP contribution >= 0.6 is 0 Å². The zero-order valence-corrected chi connectivity index (χ0v) is 19.1. The van der Waals surface area contributed by atoms with Gasteiger partial charge in [-0.25, -0.2) is 0 Å². The van der Waals surface area contributed by atoms with Crippen molar-refractivity contribution in [3.63, 3.8) is 0 Å². The number of hydrogen-bond donors (Lipinski definition) is 0. The summed E-state index contributed by atoms with van der Waals surface area (Å²) in [6.45, 7) is 5.74. The molecule has 0 amide bonds. The van der Waals surface area contributed by atoms with Gasteiger partial charge in [-0.1, -0.05) is 36.4 Å². The van der Waals surface area contributed by atoms with Crippen LogP contribution in [0.2, 0.25) is 0 Å². The number of pyridine rings is 1. The number of hydrogen-bond acceptors (Lipinski definition) is 5. The molecule has 0 radical (unpaired) electrons. The minimum absolute atomic E-state index is 0.464. The van der Waals surface area contributed by atoms with Gasteiger partial charge in [0.05, 0.1) is 24.8 Å². The van der Waals surface area contributed by atoms with Crippen LogP contribution in [-0.2, 0) is 24.2 Å². The first-order chi connectivity index (χ1) is 15.8. The Bertz CT molecular complexity index is 878. The van der Waals surface area contributed by atoms with Crippen LogP contribution in [0.25, 0.3) is 0 Å². The van der Waals surface area contributed by atoms with Crippen LogP contribution in [0.15, 0.2) is 77.7 Å². The minimum Gasteiger partial charge on any atom is -0.472 e. The molecule has 1 fully saturated rings.